The molecule has 1 N–H and O–H groups in total. The second kappa shape index (κ2) is 7.74. The fraction of sp³-hybridized carbons (Fsp3) is 0.385. The van der Waals surface area contributed by atoms with Crippen molar-refractivity contribution in [1.29, 1.82) is 0 Å². The molecule has 0 aliphatic heterocycles. The lowest BCUT2D eigenvalue weighted by Gasteiger charge is -2.08. The molecule has 1 heterocycles. The van der Waals surface area contributed by atoms with E-state index >= 15 is 0 Å². The molecular formula is C13H16IN5OS. The van der Waals surface area contributed by atoms with Crippen molar-refractivity contribution in [3.8, 4) is 0 Å². The highest BCUT2D eigenvalue weighted by Gasteiger charge is 2.11. The van der Waals surface area contributed by atoms with E-state index in [1.807, 2.05) is 24.3 Å². The number of hydrogen-bond donors (Lipinski definition) is 1. The predicted molar refractivity (Wildman–Crippen MR) is 91.2 cm³/mol. The minimum Gasteiger partial charge on any atom is -0.324 e. The lowest BCUT2D eigenvalue weighted by Crippen LogP contribution is -2.16. The van der Waals surface area contributed by atoms with Crippen LogP contribution in [0.2, 0.25) is 0 Å². The van der Waals surface area contributed by atoms with E-state index in [0.717, 1.165) is 15.8 Å². The first-order valence-corrected chi connectivity index (χ1v) is 8.56. The van der Waals surface area contributed by atoms with Gasteiger partial charge in [0.15, 0.2) is 0 Å². The smallest absolute Gasteiger partial charge is 0.234 e. The van der Waals surface area contributed by atoms with Gasteiger partial charge in [0.25, 0.3) is 0 Å². The van der Waals surface area contributed by atoms with E-state index in [1.54, 1.807) is 4.68 Å². The highest BCUT2D eigenvalue weighted by Crippen LogP contribution is 2.19. The van der Waals surface area contributed by atoms with Crippen LogP contribution in [0.3, 0.4) is 0 Å². The first-order valence-electron chi connectivity index (χ1n) is 6.49. The van der Waals surface area contributed by atoms with E-state index in [0.29, 0.717) is 11.1 Å². The molecule has 1 amide bonds. The number of anilines is 1. The number of aromatic nitrogens is 4. The average Bonchev–Trinajstić information content (AvgIpc) is 2.85. The van der Waals surface area contributed by atoms with Gasteiger partial charge in [-0.25, -0.2) is 4.68 Å². The Balaban J connectivity index is 1.90. The molecular weight excluding hydrogens is 401 g/mol. The standard InChI is InChI=1S/C13H16IN5OS/c1-9(2)7-19-13(16-17-18-19)21-8-12(20)15-11-6-4-3-5-10(11)14/h3-6,9H,7-8H2,1-2H3,(H,15,20). The number of amides is 1. The molecule has 112 valence electrons. The van der Waals surface area contributed by atoms with Gasteiger partial charge < -0.3 is 5.32 Å². The van der Waals surface area contributed by atoms with Crippen LogP contribution in [0.4, 0.5) is 5.69 Å². The number of benzene rings is 1. The van der Waals surface area contributed by atoms with E-state index < -0.39 is 0 Å². The number of nitrogens with one attached hydrogen (secondary N) is 1. The molecule has 0 bridgehead atoms. The van der Waals surface area contributed by atoms with Crippen molar-refractivity contribution < 1.29 is 4.79 Å². The zero-order valence-corrected chi connectivity index (χ0v) is 14.8. The maximum absolute atomic E-state index is 12.0. The number of rotatable bonds is 6. The highest BCUT2D eigenvalue weighted by molar-refractivity contribution is 14.1. The van der Waals surface area contributed by atoms with Gasteiger partial charge in [-0.05, 0) is 51.1 Å². The van der Waals surface area contributed by atoms with Crippen LogP contribution in [-0.2, 0) is 11.3 Å². The summed E-state index contributed by atoms with van der Waals surface area (Å²) in [5, 5.41) is 15.1. The van der Waals surface area contributed by atoms with Crippen molar-refractivity contribution >= 4 is 45.9 Å². The van der Waals surface area contributed by atoms with Gasteiger partial charge in [0.05, 0.1) is 11.4 Å². The summed E-state index contributed by atoms with van der Waals surface area (Å²) < 4.78 is 2.74. The zero-order chi connectivity index (χ0) is 15.2. The maximum Gasteiger partial charge on any atom is 0.234 e. The van der Waals surface area contributed by atoms with E-state index in [9.17, 15) is 4.79 Å². The Bertz CT molecular complexity index is 616. The molecule has 0 unspecified atom stereocenters. The monoisotopic (exact) mass is 417 g/mol. The molecule has 0 radical (unpaired) electrons. The topological polar surface area (TPSA) is 72.7 Å². The molecule has 0 aliphatic carbocycles. The molecule has 1 aromatic heterocycles. The van der Waals surface area contributed by atoms with Crippen molar-refractivity contribution in [2.24, 2.45) is 5.92 Å². The number of nitrogens with zero attached hydrogens (tertiary/aromatic N) is 4. The fourth-order valence-electron chi connectivity index (χ4n) is 1.64. The van der Waals surface area contributed by atoms with Crippen LogP contribution in [0.1, 0.15) is 13.8 Å². The van der Waals surface area contributed by atoms with Gasteiger partial charge >= 0.3 is 0 Å². The summed E-state index contributed by atoms with van der Waals surface area (Å²) in [5.41, 5.74) is 0.825. The van der Waals surface area contributed by atoms with Gasteiger partial charge in [0.2, 0.25) is 11.1 Å². The Kier molecular flexibility index (Phi) is 5.97. The Hall–Kier alpha value is -1.16. The number of carbonyl (C=O) groups is 1. The Morgan fingerprint density at radius 1 is 1.43 bits per heavy atom. The molecule has 0 fully saturated rings. The molecule has 21 heavy (non-hydrogen) atoms. The summed E-state index contributed by atoms with van der Waals surface area (Å²) in [7, 11) is 0. The van der Waals surface area contributed by atoms with E-state index in [-0.39, 0.29) is 11.7 Å². The summed E-state index contributed by atoms with van der Waals surface area (Å²) in [6.45, 7) is 4.94. The minimum absolute atomic E-state index is 0.0665. The average molecular weight is 417 g/mol. The van der Waals surface area contributed by atoms with Crippen molar-refractivity contribution in [1.82, 2.24) is 20.2 Å². The van der Waals surface area contributed by atoms with Crippen LogP contribution in [0.15, 0.2) is 29.4 Å². The number of thioether (sulfide) groups is 1. The summed E-state index contributed by atoms with van der Waals surface area (Å²) in [5.74, 6) is 0.666. The Labute approximate surface area is 141 Å². The number of carbonyl (C=O) groups excluding carboxylic acids is 1. The predicted octanol–water partition coefficient (Wildman–Crippen LogP) is 2.66. The lowest BCUT2D eigenvalue weighted by atomic mass is 10.2. The third kappa shape index (κ3) is 4.95. The molecule has 2 rings (SSSR count). The second-order valence-electron chi connectivity index (χ2n) is 4.85. The summed E-state index contributed by atoms with van der Waals surface area (Å²) in [4.78, 5) is 12.0. The molecule has 0 spiro atoms. The largest absolute Gasteiger partial charge is 0.324 e. The van der Waals surface area contributed by atoms with Gasteiger partial charge in [0.1, 0.15) is 0 Å². The van der Waals surface area contributed by atoms with Gasteiger partial charge in [0, 0.05) is 10.1 Å². The van der Waals surface area contributed by atoms with E-state index in [1.165, 1.54) is 11.8 Å². The van der Waals surface area contributed by atoms with Gasteiger partial charge in [-0.2, -0.15) is 0 Å². The molecule has 1 aromatic carbocycles. The fourth-order valence-corrected chi connectivity index (χ4v) is 2.85. The van der Waals surface area contributed by atoms with Crippen molar-refractivity contribution in [2.75, 3.05) is 11.1 Å². The van der Waals surface area contributed by atoms with Crippen molar-refractivity contribution in [3.63, 3.8) is 0 Å². The summed E-state index contributed by atoms with van der Waals surface area (Å²) in [6.07, 6.45) is 0. The minimum atomic E-state index is -0.0665. The SMILES string of the molecule is CC(C)Cn1nnnc1SCC(=O)Nc1ccccc1I. The molecule has 0 saturated heterocycles. The normalized spacial score (nSPS) is 10.9. The Morgan fingerprint density at radius 2 is 2.19 bits per heavy atom. The lowest BCUT2D eigenvalue weighted by molar-refractivity contribution is -0.113. The quantitative estimate of drug-likeness (QED) is 0.578. The third-order valence-corrected chi connectivity index (χ3v) is 4.42. The van der Waals surface area contributed by atoms with E-state index in [4.69, 9.17) is 0 Å². The molecule has 0 atom stereocenters. The van der Waals surface area contributed by atoms with Crippen LogP contribution in [0.5, 0.6) is 0 Å². The van der Waals surface area contributed by atoms with Crippen LogP contribution < -0.4 is 5.32 Å². The van der Waals surface area contributed by atoms with E-state index in [2.05, 4.69) is 57.3 Å². The van der Waals surface area contributed by atoms with Gasteiger partial charge in [-0.3, -0.25) is 4.79 Å². The molecule has 8 heteroatoms. The van der Waals surface area contributed by atoms with Crippen LogP contribution in [-0.4, -0.2) is 31.9 Å². The highest BCUT2D eigenvalue weighted by atomic mass is 127. The molecule has 6 nitrogen and oxygen atoms in total. The Morgan fingerprint density at radius 3 is 2.90 bits per heavy atom. The van der Waals surface area contributed by atoms with Gasteiger partial charge in [-0.15, -0.1) is 5.10 Å². The van der Waals surface area contributed by atoms with Crippen LogP contribution >= 0.6 is 34.4 Å². The number of para-hydroxylation sites is 1. The second-order valence-corrected chi connectivity index (χ2v) is 6.96. The third-order valence-electron chi connectivity index (χ3n) is 2.52. The molecule has 0 aliphatic rings. The van der Waals surface area contributed by atoms with Crippen molar-refractivity contribution in [3.05, 3.63) is 27.8 Å². The van der Waals surface area contributed by atoms with Crippen LogP contribution in [0, 0.1) is 9.49 Å². The van der Waals surface area contributed by atoms with Gasteiger partial charge in [-0.1, -0.05) is 37.7 Å². The first kappa shape index (κ1) is 16.2. The number of hydrogen-bond acceptors (Lipinski definition) is 5. The molecule has 0 saturated carbocycles. The number of halogens is 1. The van der Waals surface area contributed by atoms with Crippen molar-refractivity contribution in [2.45, 2.75) is 25.5 Å². The summed E-state index contributed by atoms with van der Waals surface area (Å²) >= 11 is 3.53. The molecule has 2 aromatic rings. The number of tetrazole rings is 1. The van der Waals surface area contributed by atoms with Crippen LogP contribution in [0.25, 0.3) is 0 Å². The summed E-state index contributed by atoms with van der Waals surface area (Å²) in [6, 6.07) is 7.67. The first-order chi connectivity index (χ1) is 10.1. The maximum atomic E-state index is 12.0. The zero-order valence-electron chi connectivity index (χ0n) is 11.8.